The summed E-state index contributed by atoms with van der Waals surface area (Å²) in [5.74, 6) is -0.938. The average molecular weight is 267 g/mol. The van der Waals surface area contributed by atoms with Crippen LogP contribution in [0, 0.1) is 5.82 Å². The molecule has 1 rings (SSSR count). The molecular formula is C13H19BFNO3. The van der Waals surface area contributed by atoms with Crippen molar-refractivity contribution in [1.82, 2.24) is 4.90 Å². The Morgan fingerprint density at radius 3 is 2.26 bits per heavy atom. The summed E-state index contributed by atoms with van der Waals surface area (Å²) < 4.78 is 13.4. The molecule has 19 heavy (non-hydrogen) atoms. The van der Waals surface area contributed by atoms with Crippen LogP contribution in [0.2, 0.25) is 0 Å². The number of hydrogen-bond donors (Lipinski definition) is 2. The van der Waals surface area contributed by atoms with Gasteiger partial charge in [-0.05, 0) is 36.5 Å². The van der Waals surface area contributed by atoms with Gasteiger partial charge in [0.2, 0.25) is 0 Å². The standard InChI is InChI=1S/C13H19BFNO3/c1-3-5-16(6-4-2)13(17)10-7-11(14(18)19)9-12(15)8-10/h7-9,18-19H,3-6H2,1-2H3. The Labute approximate surface area is 113 Å². The zero-order chi connectivity index (χ0) is 14.4. The Kier molecular flexibility index (Phi) is 5.98. The molecule has 4 nitrogen and oxygen atoms in total. The first-order valence-electron chi connectivity index (χ1n) is 6.45. The molecule has 0 bridgehead atoms. The highest BCUT2D eigenvalue weighted by Crippen LogP contribution is 2.08. The SMILES string of the molecule is CCCN(CCC)C(=O)c1cc(F)cc(B(O)O)c1. The molecule has 0 atom stereocenters. The van der Waals surface area contributed by atoms with Crippen LogP contribution in [0.3, 0.4) is 0 Å². The van der Waals surface area contributed by atoms with Crippen LogP contribution in [0.15, 0.2) is 18.2 Å². The molecule has 1 aromatic rings. The Hall–Kier alpha value is -1.40. The molecule has 0 aliphatic heterocycles. The van der Waals surface area contributed by atoms with E-state index in [9.17, 15) is 9.18 Å². The molecule has 2 N–H and O–H groups in total. The van der Waals surface area contributed by atoms with Gasteiger partial charge < -0.3 is 14.9 Å². The molecule has 0 aliphatic rings. The fourth-order valence-electron chi connectivity index (χ4n) is 1.92. The molecular weight excluding hydrogens is 248 g/mol. The fraction of sp³-hybridized carbons (Fsp3) is 0.462. The molecule has 0 saturated carbocycles. The summed E-state index contributed by atoms with van der Waals surface area (Å²) in [4.78, 5) is 13.9. The van der Waals surface area contributed by atoms with E-state index in [1.165, 1.54) is 6.07 Å². The summed E-state index contributed by atoms with van der Waals surface area (Å²) in [7, 11) is -1.78. The molecule has 104 valence electrons. The third kappa shape index (κ3) is 4.33. The average Bonchev–Trinajstić information content (AvgIpc) is 2.37. The maximum Gasteiger partial charge on any atom is 0.488 e. The molecule has 0 heterocycles. The van der Waals surface area contributed by atoms with Crippen molar-refractivity contribution in [2.45, 2.75) is 26.7 Å². The molecule has 0 radical (unpaired) electrons. The number of amides is 1. The lowest BCUT2D eigenvalue weighted by atomic mass is 9.79. The summed E-state index contributed by atoms with van der Waals surface area (Å²) in [5, 5.41) is 18.1. The monoisotopic (exact) mass is 267 g/mol. The fourth-order valence-corrected chi connectivity index (χ4v) is 1.92. The first kappa shape index (κ1) is 15.7. The van der Waals surface area contributed by atoms with Gasteiger partial charge in [0.05, 0.1) is 0 Å². The van der Waals surface area contributed by atoms with Crippen LogP contribution in [0.25, 0.3) is 0 Å². The minimum atomic E-state index is -1.78. The Morgan fingerprint density at radius 1 is 1.21 bits per heavy atom. The summed E-state index contributed by atoms with van der Waals surface area (Å²) in [6.45, 7) is 5.12. The van der Waals surface area contributed by atoms with Gasteiger partial charge in [0.25, 0.3) is 5.91 Å². The zero-order valence-corrected chi connectivity index (χ0v) is 11.3. The van der Waals surface area contributed by atoms with Crippen molar-refractivity contribution in [3.63, 3.8) is 0 Å². The molecule has 0 aliphatic carbocycles. The molecule has 0 spiro atoms. The minimum Gasteiger partial charge on any atom is -0.423 e. The summed E-state index contributed by atoms with van der Waals surface area (Å²) >= 11 is 0. The predicted molar refractivity (Wildman–Crippen MR) is 72.7 cm³/mol. The number of hydrogen-bond acceptors (Lipinski definition) is 3. The smallest absolute Gasteiger partial charge is 0.423 e. The largest absolute Gasteiger partial charge is 0.488 e. The third-order valence-corrected chi connectivity index (χ3v) is 2.74. The number of carbonyl (C=O) groups is 1. The van der Waals surface area contributed by atoms with Gasteiger partial charge in [-0.3, -0.25) is 4.79 Å². The lowest BCUT2D eigenvalue weighted by molar-refractivity contribution is 0.0755. The first-order valence-corrected chi connectivity index (χ1v) is 6.45. The highest BCUT2D eigenvalue weighted by Gasteiger charge is 2.19. The molecule has 1 aromatic carbocycles. The predicted octanol–water partition coefficient (Wildman–Crippen LogP) is 0.768. The number of carbonyl (C=O) groups excluding carboxylic acids is 1. The van der Waals surface area contributed by atoms with Gasteiger partial charge >= 0.3 is 7.12 Å². The molecule has 0 saturated heterocycles. The number of benzene rings is 1. The van der Waals surface area contributed by atoms with E-state index in [0.717, 1.165) is 25.0 Å². The van der Waals surface area contributed by atoms with E-state index in [4.69, 9.17) is 10.0 Å². The first-order chi connectivity index (χ1) is 8.99. The minimum absolute atomic E-state index is 0.0173. The number of rotatable bonds is 6. The molecule has 1 amide bonds. The van der Waals surface area contributed by atoms with Gasteiger partial charge in [0, 0.05) is 18.7 Å². The van der Waals surface area contributed by atoms with Crippen molar-refractivity contribution in [2.24, 2.45) is 0 Å². The second kappa shape index (κ2) is 7.26. The van der Waals surface area contributed by atoms with E-state index in [1.807, 2.05) is 13.8 Å². The highest BCUT2D eigenvalue weighted by molar-refractivity contribution is 6.58. The van der Waals surface area contributed by atoms with Crippen LogP contribution in [0.4, 0.5) is 4.39 Å². The lowest BCUT2D eigenvalue weighted by Crippen LogP contribution is -2.35. The normalized spacial score (nSPS) is 10.4. The molecule has 6 heteroatoms. The number of nitrogens with zero attached hydrogens (tertiary/aromatic N) is 1. The maximum absolute atomic E-state index is 13.4. The lowest BCUT2D eigenvalue weighted by Gasteiger charge is -2.21. The second-order valence-corrected chi connectivity index (χ2v) is 4.44. The van der Waals surface area contributed by atoms with Gasteiger partial charge in [-0.15, -0.1) is 0 Å². The molecule has 0 aromatic heterocycles. The van der Waals surface area contributed by atoms with E-state index in [0.29, 0.717) is 13.1 Å². The van der Waals surface area contributed by atoms with Gasteiger partial charge in [-0.25, -0.2) is 4.39 Å². The van der Waals surface area contributed by atoms with Crippen molar-refractivity contribution < 1.29 is 19.2 Å². The third-order valence-electron chi connectivity index (χ3n) is 2.74. The van der Waals surface area contributed by atoms with Gasteiger partial charge in [-0.2, -0.15) is 0 Å². The molecule has 0 fully saturated rings. The maximum atomic E-state index is 13.4. The van der Waals surface area contributed by atoms with E-state index >= 15 is 0 Å². The van der Waals surface area contributed by atoms with E-state index in [2.05, 4.69) is 0 Å². The second-order valence-electron chi connectivity index (χ2n) is 4.44. The Bertz CT molecular complexity index is 434. The van der Waals surface area contributed by atoms with Crippen LogP contribution in [0.5, 0.6) is 0 Å². The van der Waals surface area contributed by atoms with Crippen molar-refractivity contribution in [2.75, 3.05) is 13.1 Å². The van der Waals surface area contributed by atoms with Crippen LogP contribution < -0.4 is 5.46 Å². The van der Waals surface area contributed by atoms with Gasteiger partial charge in [-0.1, -0.05) is 13.8 Å². The van der Waals surface area contributed by atoms with E-state index in [-0.39, 0.29) is 16.9 Å². The van der Waals surface area contributed by atoms with Gasteiger partial charge in [0.15, 0.2) is 0 Å². The van der Waals surface area contributed by atoms with Crippen molar-refractivity contribution in [3.8, 4) is 0 Å². The Morgan fingerprint density at radius 2 is 1.79 bits per heavy atom. The van der Waals surface area contributed by atoms with Crippen LogP contribution in [0.1, 0.15) is 37.0 Å². The topological polar surface area (TPSA) is 60.8 Å². The van der Waals surface area contributed by atoms with Crippen molar-refractivity contribution >= 4 is 18.5 Å². The van der Waals surface area contributed by atoms with Crippen molar-refractivity contribution in [1.29, 1.82) is 0 Å². The van der Waals surface area contributed by atoms with E-state index < -0.39 is 12.9 Å². The Balaban J connectivity index is 3.02. The highest BCUT2D eigenvalue weighted by atomic mass is 19.1. The van der Waals surface area contributed by atoms with Crippen LogP contribution in [-0.2, 0) is 0 Å². The van der Waals surface area contributed by atoms with Gasteiger partial charge in [0.1, 0.15) is 5.82 Å². The number of halogens is 1. The summed E-state index contributed by atoms with van der Waals surface area (Å²) in [6.07, 6.45) is 1.63. The van der Waals surface area contributed by atoms with Crippen molar-refractivity contribution in [3.05, 3.63) is 29.6 Å². The van der Waals surface area contributed by atoms with E-state index in [1.54, 1.807) is 4.90 Å². The van der Waals surface area contributed by atoms with Crippen LogP contribution >= 0.6 is 0 Å². The molecule has 0 unspecified atom stereocenters. The zero-order valence-electron chi connectivity index (χ0n) is 11.3. The summed E-state index contributed by atoms with van der Waals surface area (Å²) in [5.41, 5.74) is 0.126. The summed E-state index contributed by atoms with van der Waals surface area (Å²) in [6, 6.07) is 3.44. The quantitative estimate of drug-likeness (QED) is 0.748. The van der Waals surface area contributed by atoms with Crippen LogP contribution in [-0.4, -0.2) is 41.1 Å².